The van der Waals surface area contributed by atoms with E-state index in [1.807, 2.05) is 54.6 Å². The van der Waals surface area contributed by atoms with Crippen molar-refractivity contribution in [3.05, 3.63) is 83.9 Å². The summed E-state index contributed by atoms with van der Waals surface area (Å²) in [5.74, 6) is -0.745. The molecule has 3 nitrogen and oxygen atoms in total. The van der Waals surface area contributed by atoms with Crippen LogP contribution >= 0.6 is 0 Å². The molecule has 3 heteroatoms. The van der Waals surface area contributed by atoms with Gasteiger partial charge in [0.05, 0.1) is 6.04 Å². The van der Waals surface area contributed by atoms with E-state index >= 15 is 0 Å². The Bertz CT molecular complexity index is 799. The number of primary amides is 1. The Labute approximate surface area is 129 Å². The normalized spacial score (nSPS) is 13.7. The van der Waals surface area contributed by atoms with Crippen LogP contribution < -0.4 is 11.5 Å². The Morgan fingerprint density at radius 1 is 0.773 bits per heavy atom. The molecule has 0 spiro atoms. The van der Waals surface area contributed by atoms with E-state index in [0.29, 0.717) is 0 Å². The third kappa shape index (κ3) is 2.71. The summed E-state index contributed by atoms with van der Waals surface area (Å²) in [5, 5.41) is 2.28. The molecule has 0 aliphatic rings. The van der Waals surface area contributed by atoms with E-state index in [1.54, 1.807) is 0 Å². The number of hydrogen-bond donors (Lipinski definition) is 2. The fourth-order valence-corrected chi connectivity index (χ4v) is 2.83. The Hall–Kier alpha value is -2.65. The van der Waals surface area contributed by atoms with Crippen molar-refractivity contribution >= 4 is 16.7 Å². The number of amides is 1. The average Bonchev–Trinajstić information content (AvgIpc) is 2.56. The van der Waals surface area contributed by atoms with Crippen LogP contribution in [0.4, 0.5) is 0 Å². The van der Waals surface area contributed by atoms with Crippen LogP contribution in [0.15, 0.2) is 72.8 Å². The highest BCUT2D eigenvalue weighted by Crippen LogP contribution is 2.29. The number of fused-ring (bicyclic) bond motifs is 1. The summed E-state index contributed by atoms with van der Waals surface area (Å²) in [6.07, 6.45) is 0. The monoisotopic (exact) mass is 290 g/mol. The number of carbonyl (C=O) groups is 1. The molecule has 0 radical (unpaired) electrons. The molecule has 3 aromatic carbocycles. The van der Waals surface area contributed by atoms with Gasteiger partial charge in [-0.05, 0) is 21.9 Å². The van der Waals surface area contributed by atoms with Crippen molar-refractivity contribution in [1.82, 2.24) is 0 Å². The van der Waals surface area contributed by atoms with Crippen LogP contribution in [0.5, 0.6) is 0 Å². The summed E-state index contributed by atoms with van der Waals surface area (Å²) in [6.45, 7) is 0. The van der Waals surface area contributed by atoms with Crippen LogP contribution in [0.25, 0.3) is 10.8 Å². The molecule has 1 unspecified atom stereocenters. The van der Waals surface area contributed by atoms with Gasteiger partial charge >= 0.3 is 0 Å². The molecule has 4 N–H and O–H groups in total. The molecule has 3 rings (SSSR count). The van der Waals surface area contributed by atoms with Gasteiger partial charge in [0.25, 0.3) is 0 Å². The van der Waals surface area contributed by atoms with Gasteiger partial charge in [0.2, 0.25) is 5.91 Å². The molecular weight excluding hydrogens is 272 g/mol. The molecule has 1 amide bonds. The Morgan fingerprint density at radius 3 is 2.09 bits per heavy atom. The fraction of sp³-hybridized carbons (Fsp3) is 0.105. The van der Waals surface area contributed by atoms with Gasteiger partial charge in [-0.2, -0.15) is 0 Å². The molecular formula is C19H18N2O. The maximum atomic E-state index is 11.6. The first kappa shape index (κ1) is 14.3. The quantitative estimate of drug-likeness (QED) is 0.775. The van der Waals surface area contributed by atoms with Gasteiger partial charge < -0.3 is 11.5 Å². The molecule has 0 fully saturated rings. The second-order valence-corrected chi connectivity index (χ2v) is 5.42. The second-order valence-electron chi connectivity index (χ2n) is 5.42. The van der Waals surface area contributed by atoms with Crippen molar-refractivity contribution in [3.8, 4) is 0 Å². The van der Waals surface area contributed by atoms with Crippen molar-refractivity contribution in [1.29, 1.82) is 0 Å². The highest BCUT2D eigenvalue weighted by molar-refractivity contribution is 5.85. The number of hydrogen-bond acceptors (Lipinski definition) is 2. The Morgan fingerprint density at radius 2 is 1.41 bits per heavy atom. The number of rotatable bonds is 4. The minimum Gasteiger partial charge on any atom is -0.368 e. The average molecular weight is 290 g/mol. The van der Waals surface area contributed by atoms with E-state index in [1.165, 1.54) is 0 Å². The molecule has 0 aromatic heterocycles. The van der Waals surface area contributed by atoms with Crippen molar-refractivity contribution in [2.75, 3.05) is 0 Å². The first-order valence-electron chi connectivity index (χ1n) is 7.25. The number of benzene rings is 3. The molecule has 3 aromatic rings. The van der Waals surface area contributed by atoms with E-state index < -0.39 is 11.9 Å². The zero-order chi connectivity index (χ0) is 15.5. The van der Waals surface area contributed by atoms with Gasteiger partial charge in [0.1, 0.15) is 0 Å². The molecule has 110 valence electrons. The largest absolute Gasteiger partial charge is 0.368 e. The summed E-state index contributed by atoms with van der Waals surface area (Å²) in [6, 6.07) is 23.3. The number of carbonyl (C=O) groups excluding carboxylic acids is 1. The third-order valence-corrected chi connectivity index (χ3v) is 3.98. The standard InChI is InChI=1S/C19H18N2O/c20-18(19(21)22)17(14-7-2-1-3-8-14)16-11-10-13-6-4-5-9-15(13)12-16/h1-12,17-18H,20H2,(H2,21,22)/t17?,18-/m0/s1. The van der Waals surface area contributed by atoms with Gasteiger partial charge in [0, 0.05) is 5.92 Å². The Balaban J connectivity index is 2.13. The van der Waals surface area contributed by atoms with Gasteiger partial charge in [-0.25, -0.2) is 0 Å². The summed E-state index contributed by atoms with van der Waals surface area (Å²) in [5.41, 5.74) is 13.5. The predicted molar refractivity (Wildman–Crippen MR) is 89.4 cm³/mol. The number of nitrogens with two attached hydrogens (primary N) is 2. The predicted octanol–water partition coefficient (Wildman–Crippen LogP) is 2.78. The maximum absolute atomic E-state index is 11.6. The summed E-state index contributed by atoms with van der Waals surface area (Å²) in [4.78, 5) is 11.6. The van der Waals surface area contributed by atoms with E-state index in [2.05, 4.69) is 18.2 Å². The lowest BCUT2D eigenvalue weighted by molar-refractivity contribution is -0.119. The fourth-order valence-electron chi connectivity index (χ4n) is 2.83. The highest BCUT2D eigenvalue weighted by Gasteiger charge is 2.26. The van der Waals surface area contributed by atoms with Crippen molar-refractivity contribution in [2.45, 2.75) is 12.0 Å². The molecule has 0 saturated carbocycles. The third-order valence-electron chi connectivity index (χ3n) is 3.98. The van der Waals surface area contributed by atoms with E-state index in [4.69, 9.17) is 11.5 Å². The SMILES string of the molecule is NC(=O)[C@@H](N)C(c1ccccc1)c1ccc2ccccc2c1. The van der Waals surface area contributed by atoms with Crippen LogP contribution in [-0.2, 0) is 4.79 Å². The topological polar surface area (TPSA) is 69.1 Å². The summed E-state index contributed by atoms with van der Waals surface area (Å²) >= 11 is 0. The Kier molecular flexibility index (Phi) is 3.90. The smallest absolute Gasteiger partial charge is 0.235 e. The van der Waals surface area contributed by atoms with Crippen LogP contribution in [0.1, 0.15) is 17.0 Å². The van der Waals surface area contributed by atoms with Crippen molar-refractivity contribution < 1.29 is 4.79 Å². The summed E-state index contributed by atoms with van der Waals surface area (Å²) in [7, 11) is 0. The van der Waals surface area contributed by atoms with Crippen molar-refractivity contribution in [3.63, 3.8) is 0 Å². The van der Waals surface area contributed by atoms with E-state index in [0.717, 1.165) is 21.9 Å². The second kappa shape index (κ2) is 6.00. The lowest BCUT2D eigenvalue weighted by Crippen LogP contribution is -2.41. The minimum atomic E-state index is -0.761. The van der Waals surface area contributed by atoms with Crippen LogP contribution in [0.2, 0.25) is 0 Å². The lowest BCUT2D eigenvalue weighted by atomic mass is 9.84. The molecule has 22 heavy (non-hydrogen) atoms. The maximum Gasteiger partial charge on any atom is 0.235 e. The van der Waals surface area contributed by atoms with E-state index in [-0.39, 0.29) is 5.92 Å². The molecule has 0 bridgehead atoms. The molecule has 0 heterocycles. The first-order valence-corrected chi connectivity index (χ1v) is 7.25. The van der Waals surface area contributed by atoms with Gasteiger partial charge in [-0.1, -0.05) is 72.8 Å². The minimum absolute atomic E-state index is 0.247. The van der Waals surface area contributed by atoms with Crippen molar-refractivity contribution in [2.24, 2.45) is 11.5 Å². The molecule has 2 atom stereocenters. The zero-order valence-electron chi connectivity index (χ0n) is 12.1. The molecule has 0 aliphatic heterocycles. The lowest BCUT2D eigenvalue weighted by Gasteiger charge is -2.23. The first-order chi connectivity index (χ1) is 10.7. The molecule has 0 saturated heterocycles. The van der Waals surface area contributed by atoms with E-state index in [9.17, 15) is 4.79 Å². The van der Waals surface area contributed by atoms with Crippen LogP contribution in [-0.4, -0.2) is 11.9 Å². The van der Waals surface area contributed by atoms with Crippen LogP contribution in [0.3, 0.4) is 0 Å². The van der Waals surface area contributed by atoms with Crippen LogP contribution in [0, 0.1) is 0 Å². The zero-order valence-corrected chi connectivity index (χ0v) is 12.1. The van der Waals surface area contributed by atoms with Gasteiger partial charge in [-0.15, -0.1) is 0 Å². The van der Waals surface area contributed by atoms with Gasteiger partial charge in [-0.3, -0.25) is 4.79 Å². The summed E-state index contributed by atoms with van der Waals surface area (Å²) < 4.78 is 0. The van der Waals surface area contributed by atoms with Gasteiger partial charge in [0.15, 0.2) is 0 Å². The molecule has 0 aliphatic carbocycles. The highest BCUT2D eigenvalue weighted by atomic mass is 16.1.